The lowest BCUT2D eigenvalue weighted by Gasteiger charge is -2.15. The van der Waals surface area contributed by atoms with Crippen LogP contribution in [0.3, 0.4) is 0 Å². The molecule has 0 radical (unpaired) electrons. The summed E-state index contributed by atoms with van der Waals surface area (Å²) in [6.07, 6.45) is 0. The molecule has 3 nitrogen and oxygen atoms in total. The van der Waals surface area contributed by atoms with Gasteiger partial charge in [-0.25, -0.2) is 0 Å². The van der Waals surface area contributed by atoms with Crippen LogP contribution in [-0.4, -0.2) is 12.5 Å². The third kappa shape index (κ3) is 2.57. The Kier molecular flexibility index (Phi) is 3.65. The van der Waals surface area contributed by atoms with Crippen molar-refractivity contribution in [1.29, 1.82) is 0 Å². The first-order valence-corrected chi connectivity index (χ1v) is 4.70. The number of benzene rings is 1. The van der Waals surface area contributed by atoms with Gasteiger partial charge in [-0.3, -0.25) is 4.79 Å². The fourth-order valence-electron chi connectivity index (χ4n) is 1.45. The average molecular weight is 192 g/mol. The highest BCUT2D eigenvalue weighted by Gasteiger charge is 2.09. The minimum Gasteiger partial charge on any atom is -0.348 e. The van der Waals surface area contributed by atoms with E-state index in [0.717, 1.165) is 5.56 Å². The normalized spacial score (nSPS) is 12.2. The van der Waals surface area contributed by atoms with E-state index in [0.29, 0.717) is 0 Å². The molecule has 14 heavy (non-hydrogen) atoms. The molecule has 1 aromatic carbocycles. The van der Waals surface area contributed by atoms with Gasteiger partial charge in [-0.2, -0.15) is 0 Å². The maximum absolute atomic E-state index is 11.1. The molecule has 0 aromatic heterocycles. The first-order valence-electron chi connectivity index (χ1n) is 4.70. The largest absolute Gasteiger partial charge is 0.348 e. The van der Waals surface area contributed by atoms with Gasteiger partial charge < -0.3 is 11.1 Å². The quantitative estimate of drug-likeness (QED) is 0.754. The summed E-state index contributed by atoms with van der Waals surface area (Å²) in [7, 11) is 0. The zero-order valence-corrected chi connectivity index (χ0v) is 8.58. The molecule has 0 bridgehead atoms. The zero-order chi connectivity index (χ0) is 10.6. The molecule has 3 heteroatoms. The van der Waals surface area contributed by atoms with Gasteiger partial charge in [0.25, 0.3) is 0 Å². The van der Waals surface area contributed by atoms with Crippen LogP contribution in [0.25, 0.3) is 0 Å². The number of hydrogen-bond donors (Lipinski definition) is 2. The molecule has 1 rings (SSSR count). The lowest BCUT2D eigenvalue weighted by Crippen LogP contribution is -2.32. The monoisotopic (exact) mass is 192 g/mol. The van der Waals surface area contributed by atoms with Crippen molar-refractivity contribution in [3.63, 3.8) is 0 Å². The summed E-state index contributed by atoms with van der Waals surface area (Å²) < 4.78 is 0. The van der Waals surface area contributed by atoms with Crippen molar-refractivity contribution in [2.45, 2.75) is 19.9 Å². The zero-order valence-electron chi connectivity index (χ0n) is 8.58. The van der Waals surface area contributed by atoms with Crippen LogP contribution in [0.15, 0.2) is 24.3 Å². The molecule has 0 saturated heterocycles. The maximum atomic E-state index is 11.1. The summed E-state index contributed by atoms with van der Waals surface area (Å²) in [5.74, 6) is -0.124. The molecule has 0 unspecified atom stereocenters. The topological polar surface area (TPSA) is 55.1 Å². The molecule has 1 amide bonds. The number of aryl methyl sites for hydroxylation is 1. The van der Waals surface area contributed by atoms with Gasteiger partial charge in [0.1, 0.15) is 0 Å². The fourth-order valence-corrected chi connectivity index (χ4v) is 1.45. The number of hydrogen-bond acceptors (Lipinski definition) is 2. The van der Waals surface area contributed by atoms with E-state index in [1.54, 1.807) is 0 Å². The molecule has 1 aromatic rings. The third-order valence-electron chi connectivity index (χ3n) is 2.22. The van der Waals surface area contributed by atoms with Gasteiger partial charge in [-0.05, 0) is 25.0 Å². The maximum Gasteiger partial charge on any atom is 0.234 e. The van der Waals surface area contributed by atoms with Crippen LogP contribution in [0, 0.1) is 6.92 Å². The van der Waals surface area contributed by atoms with Gasteiger partial charge in [0.15, 0.2) is 0 Å². The van der Waals surface area contributed by atoms with Gasteiger partial charge in [0, 0.05) is 0 Å². The highest BCUT2D eigenvalue weighted by molar-refractivity contribution is 5.78. The van der Waals surface area contributed by atoms with E-state index in [9.17, 15) is 4.79 Å². The van der Waals surface area contributed by atoms with Crippen molar-refractivity contribution in [3.8, 4) is 0 Å². The molecule has 0 aliphatic carbocycles. The van der Waals surface area contributed by atoms with Gasteiger partial charge >= 0.3 is 0 Å². The third-order valence-corrected chi connectivity index (χ3v) is 2.22. The lowest BCUT2D eigenvalue weighted by atomic mass is 10.0. The van der Waals surface area contributed by atoms with E-state index >= 15 is 0 Å². The van der Waals surface area contributed by atoms with E-state index in [2.05, 4.69) is 5.32 Å². The number of amides is 1. The summed E-state index contributed by atoms with van der Waals surface area (Å²) in [5, 5.41) is 2.82. The van der Waals surface area contributed by atoms with E-state index in [-0.39, 0.29) is 18.5 Å². The molecule has 0 aliphatic heterocycles. The number of rotatable bonds is 3. The average Bonchev–Trinajstić information content (AvgIpc) is 2.18. The van der Waals surface area contributed by atoms with Gasteiger partial charge in [-0.15, -0.1) is 0 Å². The predicted octanol–water partition coefficient (Wildman–Crippen LogP) is 1.13. The Hall–Kier alpha value is -1.35. The van der Waals surface area contributed by atoms with Gasteiger partial charge in [0.05, 0.1) is 12.6 Å². The van der Waals surface area contributed by atoms with Crippen molar-refractivity contribution in [1.82, 2.24) is 5.32 Å². The van der Waals surface area contributed by atoms with Crippen LogP contribution in [0.1, 0.15) is 24.1 Å². The number of nitrogens with one attached hydrogen (secondary N) is 1. The van der Waals surface area contributed by atoms with Crippen LogP contribution in [0.5, 0.6) is 0 Å². The Bertz CT molecular complexity index is 323. The molecule has 0 spiro atoms. The standard InChI is InChI=1S/C11H16N2O/c1-8-5-3-4-6-10(8)9(2)13-11(14)7-12/h3-6,9H,7,12H2,1-2H3,(H,13,14)/t9-/m0/s1. The van der Waals surface area contributed by atoms with Crippen molar-refractivity contribution >= 4 is 5.91 Å². The summed E-state index contributed by atoms with van der Waals surface area (Å²) in [5.41, 5.74) is 7.54. The van der Waals surface area contributed by atoms with Crippen LogP contribution >= 0.6 is 0 Å². The van der Waals surface area contributed by atoms with Crippen molar-refractivity contribution in [2.24, 2.45) is 5.73 Å². The SMILES string of the molecule is Cc1ccccc1[C@H](C)NC(=O)CN. The second-order valence-corrected chi connectivity index (χ2v) is 3.35. The number of carbonyl (C=O) groups is 1. The summed E-state index contributed by atoms with van der Waals surface area (Å²) in [4.78, 5) is 11.1. The van der Waals surface area contributed by atoms with Crippen LogP contribution < -0.4 is 11.1 Å². The van der Waals surface area contributed by atoms with Crippen molar-refractivity contribution in [3.05, 3.63) is 35.4 Å². The fraction of sp³-hybridized carbons (Fsp3) is 0.364. The Morgan fingerprint density at radius 2 is 2.14 bits per heavy atom. The second kappa shape index (κ2) is 4.77. The molecule has 0 heterocycles. The van der Waals surface area contributed by atoms with Gasteiger partial charge in [0.2, 0.25) is 5.91 Å². The van der Waals surface area contributed by atoms with E-state index in [4.69, 9.17) is 5.73 Å². The molecule has 0 fully saturated rings. The number of carbonyl (C=O) groups excluding carboxylic acids is 1. The number of nitrogens with two attached hydrogens (primary N) is 1. The van der Waals surface area contributed by atoms with Crippen molar-refractivity contribution < 1.29 is 4.79 Å². The summed E-state index contributed by atoms with van der Waals surface area (Å²) in [6.45, 7) is 4.02. The van der Waals surface area contributed by atoms with E-state index in [1.165, 1.54) is 5.56 Å². The summed E-state index contributed by atoms with van der Waals surface area (Å²) in [6, 6.07) is 8.01. The minimum absolute atomic E-state index is 0.0206. The minimum atomic E-state index is -0.124. The highest BCUT2D eigenvalue weighted by atomic mass is 16.1. The Morgan fingerprint density at radius 3 is 2.71 bits per heavy atom. The molecule has 0 aliphatic rings. The highest BCUT2D eigenvalue weighted by Crippen LogP contribution is 2.16. The molecule has 0 saturated carbocycles. The van der Waals surface area contributed by atoms with Crippen LogP contribution in [0.4, 0.5) is 0 Å². The van der Waals surface area contributed by atoms with E-state index in [1.807, 2.05) is 38.1 Å². The smallest absolute Gasteiger partial charge is 0.234 e. The van der Waals surface area contributed by atoms with Crippen molar-refractivity contribution in [2.75, 3.05) is 6.54 Å². The molecule has 76 valence electrons. The summed E-state index contributed by atoms with van der Waals surface area (Å²) >= 11 is 0. The van der Waals surface area contributed by atoms with Crippen LogP contribution in [0.2, 0.25) is 0 Å². The first-order chi connectivity index (χ1) is 6.65. The van der Waals surface area contributed by atoms with Gasteiger partial charge in [-0.1, -0.05) is 24.3 Å². The van der Waals surface area contributed by atoms with Crippen LogP contribution in [-0.2, 0) is 4.79 Å². The predicted molar refractivity (Wildman–Crippen MR) is 56.8 cm³/mol. The lowest BCUT2D eigenvalue weighted by molar-refractivity contribution is -0.120. The van der Waals surface area contributed by atoms with E-state index < -0.39 is 0 Å². The first kappa shape index (κ1) is 10.7. The Balaban J connectivity index is 2.74. The molecular weight excluding hydrogens is 176 g/mol. The second-order valence-electron chi connectivity index (χ2n) is 3.35. The Morgan fingerprint density at radius 1 is 1.50 bits per heavy atom. The molecular formula is C11H16N2O. The Labute approximate surface area is 84.3 Å². The molecule has 1 atom stereocenters. The molecule has 3 N–H and O–H groups in total.